The molecule has 1 heteroatoms. The van der Waals surface area contributed by atoms with Gasteiger partial charge < -0.3 is 0 Å². The van der Waals surface area contributed by atoms with E-state index in [1.165, 1.54) is 37.7 Å². The second-order valence-corrected chi connectivity index (χ2v) is 5.72. The first-order valence-corrected chi connectivity index (χ1v) is 7.06. The van der Waals surface area contributed by atoms with Crippen molar-refractivity contribution in [1.82, 2.24) is 0 Å². The van der Waals surface area contributed by atoms with E-state index in [-0.39, 0.29) is 0 Å². The van der Waals surface area contributed by atoms with Crippen LogP contribution in [0, 0.1) is 11.8 Å². The highest BCUT2D eigenvalue weighted by molar-refractivity contribution is 5.53. The molecule has 0 aromatic rings. The lowest BCUT2D eigenvalue weighted by Gasteiger charge is -2.12. The van der Waals surface area contributed by atoms with E-state index in [1.54, 1.807) is 0 Å². The summed E-state index contributed by atoms with van der Waals surface area (Å²) in [6.07, 6.45) is 12.2. The Balaban J connectivity index is 3.50. The van der Waals surface area contributed by atoms with Crippen molar-refractivity contribution < 1.29 is 4.79 Å². The highest BCUT2D eigenvalue weighted by Gasteiger charge is 2.03. The van der Waals surface area contributed by atoms with Crippen LogP contribution in [0.15, 0.2) is 11.6 Å². The van der Waals surface area contributed by atoms with E-state index in [1.807, 2.05) is 12.4 Å². The lowest BCUT2D eigenvalue weighted by Crippen LogP contribution is -1.97. The smallest absolute Gasteiger partial charge is 0.202 e. The standard InChI is InChI=1S/C16H29O/c1-14(2)8-5-9-15(3)10-6-11-16(4)12-7-13-17/h12,14-15H,5-11H2,1-4H3. The SMILES string of the molecule is CC(=CC[C]=O)CCCC(C)CCCC(C)C. The summed E-state index contributed by atoms with van der Waals surface area (Å²) in [6.45, 7) is 9.06. The number of hydrogen-bond donors (Lipinski definition) is 0. The molecular formula is C16H29O. The van der Waals surface area contributed by atoms with Gasteiger partial charge in [0.15, 0.2) is 0 Å². The maximum Gasteiger partial charge on any atom is 0.202 e. The summed E-state index contributed by atoms with van der Waals surface area (Å²) in [5.74, 6) is 1.69. The molecule has 0 bridgehead atoms. The maximum absolute atomic E-state index is 10.1. The molecule has 0 amide bonds. The molecule has 0 aliphatic heterocycles. The Bertz CT molecular complexity index is 216. The predicted octanol–water partition coefficient (Wildman–Crippen LogP) is 5.07. The molecule has 0 spiro atoms. The van der Waals surface area contributed by atoms with Crippen LogP contribution in [0.1, 0.15) is 72.6 Å². The summed E-state index contributed by atoms with van der Waals surface area (Å²) >= 11 is 0. The van der Waals surface area contributed by atoms with Crippen LogP contribution in [0.4, 0.5) is 0 Å². The monoisotopic (exact) mass is 237 g/mol. The Morgan fingerprint density at radius 1 is 1.12 bits per heavy atom. The van der Waals surface area contributed by atoms with Gasteiger partial charge in [-0.05, 0) is 31.6 Å². The molecule has 17 heavy (non-hydrogen) atoms. The van der Waals surface area contributed by atoms with Crippen LogP contribution in [-0.4, -0.2) is 6.29 Å². The molecule has 0 aromatic heterocycles. The molecule has 1 radical (unpaired) electrons. The van der Waals surface area contributed by atoms with Gasteiger partial charge in [0.2, 0.25) is 6.29 Å². The molecule has 0 N–H and O–H groups in total. The first-order chi connectivity index (χ1) is 8.06. The Morgan fingerprint density at radius 2 is 1.76 bits per heavy atom. The van der Waals surface area contributed by atoms with Gasteiger partial charge in [0.1, 0.15) is 0 Å². The third-order valence-corrected chi connectivity index (χ3v) is 3.28. The number of allylic oxidation sites excluding steroid dienone is 2. The first kappa shape index (κ1) is 16.4. The second-order valence-electron chi connectivity index (χ2n) is 5.72. The Kier molecular flexibility index (Phi) is 10.2. The van der Waals surface area contributed by atoms with Crippen LogP contribution in [0.3, 0.4) is 0 Å². The van der Waals surface area contributed by atoms with Gasteiger partial charge in [-0.25, -0.2) is 0 Å². The zero-order valence-corrected chi connectivity index (χ0v) is 12.1. The maximum atomic E-state index is 10.1. The van der Waals surface area contributed by atoms with Crippen molar-refractivity contribution in [2.45, 2.75) is 72.6 Å². The van der Waals surface area contributed by atoms with E-state index in [2.05, 4.69) is 27.7 Å². The molecular weight excluding hydrogens is 208 g/mol. The van der Waals surface area contributed by atoms with Crippen molar-refractivity contribution in [3.05, 3.63) is 11.6 Å². The third-order valence-electron chi connectivity index (χ3n) is 3.28. The average molecular weight is 237 g/mol. The van der Waals surface area contributed by atoms with Crippen molar-refractivity contribution in [3.8, 4) is 0 Å². The average Bonchev–Trinajstić information content (AvgIpc) is 2.25. The second kappa shape index (κ2) is 10.6. The molecule has 0 aliphatic carbocycles. The molecule has 0 saturated heterocycles. The summed E-state index contributed by atoms with van der Waals surface area (Å²) in [5, 5.41) is 0. The molecule has 1 nitrogen and oxygen atoms in total. The van der Waals surface area contributed by atoms with Gasteiger partial charge in [-0.15, -0.1) is 0 Å². The van der Waals surface area contributed by atoms with E-state index in [0.29, 0.717) is 6.42 Å². The molecule has 0 aliphatic rings. The summed E-state index contributed by atoms with van der Waals surface area (Å²) in [7, 11) is 0. The number of carbonyl (C=O) groups excluding carboxylic acids is 1. The van der Waals surface area contributed by atoms with Gasteiger partial charge in [-0.1, -0.05) is 58.1 Å². The van der Waals surface area contributed by atoms with Crippen LogP contribution in [-0.2, 0) is 4.79 Å². The summed E-state index contributed by atoms with van der Waals surface area (Å²) in [4.78, 5) is 10.1. The summed E-state index contributed by atoms with van der Waals surface area (Å²) < 4.78 is 0. The normalized spacial score (nSPS) is 14.1. The predicted molar refractivity (Wildman–Crippen MR) is 75.8 cm³/mol. The molecule has 0 rings (SSSR count). The van der Waals surface area contributed by atoms with E-state index in [0.717, 1.165) is 18.3 Å². The highest BCUT2D eigenvalue weighted by Crippen LogP contribution is 2.19. The van der Waals surface area contributed by atoms with Gasteiger partial charge in [0.25, 0.3) is 0 Å². The van der Waals surface area contributed by atoms with E-state index in [9.17, 15) is 4.79 Å². The van der Waals surface area contributed by atoms with Crippen molar-refractivity contribution in [2.24, 2.45) is 11.8 Å². The quantitative estimate of drug-likeness (QED) is 0.485. The zero-order valence-electron chi connectivity index (χ0n) is 12.1. The fourth-order valence-electron chi connectivity index (χ4n) is 2.07. The van der Waals surface area contributed by atoms with Crippen molar-refractivity contribution in [2.75, 3.05) is 0 Å². The Morgan fingerprint density at radius 3 is 2.35 bits per heavy atom. The lowest BCUT2D eigenvalue weighted by molar-refractivity contribution is 0.427. The molecule has 0 saturated carbocycles. The third kappa shape index (κ3) is 11.7. The minimum absolute atomic E-state index is 0.454. The van der Waals surface area contributed by atoms with E-state index >= 15 is 0 Å². The van der Waals surface area contributed by atoms with Crippen LogP contribution >= 0.6 is 0 Å². The fraction of sp³-hybridized carbons (Fsp3) is 0.812. The van der Waals surface area contributed by atoms with Gasteiger partial charge in [-0.2, -0.15) is 0 Å². The molecule has 1 unspecified atom stereocenters. The Hall–Kier alpha value is -0.590. The topological polar surface area (TPSA) is 17.1 Å². The van der Waals surface area contributed by atoms with Gasteiger partial charge in [-0.3, -0.25) is 4.79 Å². The van der Waals surface area contributed by atoms with E-state index < -0.39 is 0 Å². The summed E-state index contributed by atoms with van der Waals surface area (Å²) in [5.41, 5.74) is 1.34. The van der Waals surface area contributed by atoms with Crippen molar-refractivity contribution in [3.63, 3.8) is 0 Å². The molecule has 0 heterocycles. The van der Waals surface area contributed by atoms with Gasteiger partial charge in [0.05, 0.1) is 0 Å². The van der Waals surface area contributed by atoms with Gasteiger partial charge in [0, 0.05) is 6.42 Å². The molecule has 99 valence electrons. The highest BCUT2D eigenvalue weighted by atomic mass is 16.1. The minimum atomic E-state index is 0.454. The van der Waals surface area contributed by atoms with Crippen molar-refractivity contribution in [1.29, 1.82) is 0 Å². The molecule has 1 atom stereocenters. The lowest BCUT2D eigenvalue weighted by atomic mass is 9.94. The van der Waals surface area contributed by atoms with Crippen LogP contribution in [0.5, 0.6) is 0 Å². The number of hydrogen-bond acceptors (Lipinski definition) is 1. The fourth-order valence-corrected chi connectivity index (χ4v) is 2.07. The molecule has 0 aromatic carbocycles. The Labute approximate surface area is 108 Å². The van der Waals surface area contributed by atoms with E-state index in [4.69, 9.17) is 0 Å². The zero-order chi connectivity index (χ0) is 13.1. The summed E-state index contributed by atoms with van der Waals surface area (Å²) in [6, 6.07) is 0. The minimum Gasteiger partial charge on any atom is -0.291 e. The van der Waals surface area contributed by atoms with Gasteiger partial charge >= 0.3 is 0 Å². The molecule has 0 fully saturated rings. The largest absolute Gasteiger partial charge is 0.291 e. The first-order valence-electron chi connectivity index (χ1n) is 7.06. The van der Waals surface area contributed by atoms with Crippen LogP contribution in [0.2, 0.25) is 0 Å². The van der Waals surface area contributed by atoms with Crippen LogP contribution < -0.4 is 0 Å². The van der Waals surface area contributed by atoms with Crippen molar-refractivity contribution >= 4 is 6.29 Å². The number of rotatable bonds is 10. The van der Waals surface area contributed by atoms with Crippen LogP contribution in [0.25, 0.3) is 0 Å².